The van der Waals surface area contributed by atoms with E-state index in [0.717, 1.165) is 11.3 Å². The van der Waals surface area contributed by atoms with Crippen LogP contribution in [-0.2, 0) is 10.1 Å². The van der Waals surface area contributed by atoms with Crippen molar-refractivity contribution in [1.82, 2.24) is 10.2 Å². The summed E-state index contributed by atoms with van der Waals surface area (Å²) >= 11 is 2.73. The van der Waals surface area contributed by atoms with Gasteiger partial charge in [-0.3, -0.25) is 0 Å². The lowest BCUT2D eigenvalue weighted by Gasteiger charge is -2.08. The highest BCUT2D eigenvalue weighted by molar-refractivity contribution is 8.01. The van der Waals surface area contributed by atoms with Gasteiger partial charge in [0.15, 0.2) is 4.34 Å². The number of nitrogens with one attached hydrogen (secondary N) is 1. The molecule has 0 aliphatic carbocycles. The van der Waals surface area contributed by atoms with E-state index in [9.17, 15) is 8.42 Å². The van der Waals surface area contributed by atoms with Crippen molar-refractivity contribution in [1.29, 1.82) is 0 Å². The zero-order chi connectivity index (χ0) is 19.3. The molecule has 3 aromatic rings. The number of benzene rings is 2. The first-order chi connectivity index (χ1) is 12.9. The van der Waals surface area contributed by atoms with Gasteiger partial charge in [0.1, 0.15) is 5.75 Å². The molecule has 0 unspecified atom stereocenters. The molecule has 0 amide bonds. The molecule has 0 bridgehead atoms. The van der Waals surface area contributed by atoms with Crippen molar-refractivity contribution in [2.24, 2.45) is 0 Å². The second-order valence-corrected chi connectivity index (χ2v) is 9.76. The van der Waals surface area contributed by atoms with Gasteiger partial charge in [0, 0.05) is 11.4 Å². The zero-order valence-electron chi connectivity index (χ0n) is 14.9. The topological polar surface area (TPSA) is 81.2 Å². The van der Waals surface area contributed by atoms with Gasteiger partial charge in [0.25, 0.3) is 0 Å². The van der Waals surface area contributed by atoms with E-state index in [2.05, 4.69) is 28.5 Å². The minimum absolute atomic E-state index is 0.105. The minimum atomic E-state index is -3.64. The van der Waals surface area contributed by atoms with Gasteiger partial charge in [0.05, 0.1) is 5.75 Å². The van der Waals surface area contributed by atoms with Crippen LogP contribution in [0.4, 0.5) is 10.8 Å². The number of aryl methyl sites for hydroxylation is 1. The number of rotatable bonds is 8. The molecule has 2 aromatic carbocycles. The first-order valence-electron chi connectivity index (χ1n) is 8.20. The predicted molar refractivity (Wildman–Crippen MR) is 111 cm³/mol. The average Bonchev–Trinajstić information content (AvgIpc) is 3.06. The molecule has 0 radical (unpaired) electrons. The second-order valence-electron chi connectivity index (χ2n) is 5.75. The van der Waals surface area contributed by atoms with Crippen molar-refractivity contribution in [3.8, 4) is 5.75 Å². The van der Waals surface area contributed by atoms with Gasteiger partial charge in [-0.2, -0.15) is 8.42 Å². The SMILES string of the molecule is Cc1cccc(Nc2nnc(SCCS(=O)(=O)Oc3ccccc3)s2)c1C. The number of hydrogen-bond acceptors (Lipinski definition) is 8. The molecule has 1 aromatic heterocycles. The van der Waals surface area contributed by atoms with E-state index < -0.39 is 10.1 Å². The average molecular weight is 422 g/mol. The Morgan fingerprint density at radius 1 is 1.07 bits per heavy atom. The standard InChI is InChI=1S/C18H19N3O3S3/c1-13-7-6-10-16(14(13)2)19-17-20-21-18(26-17)25-11-12-27(22,23)24-15-8-4-3-5-9-15/h3-10H,11-12H2,1-2H3,(H,19,20). The maximum absolute atomic E-state index is 12.0. The quantitative estimate of drug-likeness (QED) is 0.426. The first kappa shape index (κ1) is 19.7. The number of para-hydroxylation sites is 1. The molecule has 9 heteroatoms. The summed E-state index contributed by atoms with van der Waals surface area (Å²) in [5.41, 5.74) is 3.34. The van der Waals surface area contributed by atoms with E-state index in [4.69, 9.17) is 4.18 Å². The van der Waals surface area contributed by atoms with E-state index in [0.29, 0.717) is 21.0 Å². The molecule has 0 aliphatic rings. The summed E-state index contributed by atoms with van der Waals surface area (Å²) in [5.74, 6) is 0.553. The predicted octanol–water partition coefficient (Wildman–Crippen LogP) is 4.40. The number of nitrogens with zero attached hydrogens (tertiary/aromatic N) is 2. The van der Waals surface area contributed by atoms with Crippen LogP contribution in [-0.4, -0.2) is 30.1 Å². The minimum Gasteiger partial charge on any atom is -0.382 e. The summed E-state index contributed by atoms with van der Waals surface area (Å²) in [6, 6.07) is 14.5. The summed E-state index contributed by atoms with van der Waals surface area (Å²) < 4.78 is 29.8. The van der Waals surface area contributed by atoms with Gasteiger partial charge in [-0.05, 0) is 43.2 Å². The molecule has 0 fully saturated rings. The lowest BCUT2D eigenvalue weighted by molar-refractivity contribution is 0.488. The maximum atomic E-state index is 12.0. The Labute approximate surface area is 167 Å². The van der Waals surface area contributed by atoms with E-state index in [1.807, 2.05) is 19.1 Å². The molecule has 0 spiro atoms. The molecule has 0 saturated carbocycles. The number of anilines is 2. The summed E-state index contributed by atoms with van der Waals surface area (Å²) in [6.45, 7) is 4.10. The summed E-state index contributed by atoms with van der Waals surface area (Å²) in [7, 11) is -3.64. The Morgan fingerprint density at radius 3 is 2.63 bits per heavy atom. The number of aromatic nitrogens is 2. The molecule has 27 heavy (non-hydrogen) atoms. The van der Waals surface area contributed by atoms with Crippen LogP contribution < -0.4 is 9.50 Å². The lowest BCUT2D eigenvalue weighted by atomic mass is 10.1. The van der Waals surface area contributed by atoms with Crippen molar-refractivity contribution < 1.29 is 12.6 Å². The largest absolute Gasteiger partial charge is 0.382 e. The van der Waals surface area contributed by atoms with Gasteiger partial charge in [-0.25, -0.2) is 0 Å². The Bertz CT molecular complexity index is 1000. The Morgan fingerprint density at radius 2 is 1.85 bits per heavy atom. The van der Waals surface area contributed by atoms with Crippen molar-refractivity contribution in [2.45, 2.75) is 18.2 Å². The number of hydrogen-bond donors (Lipinski definition) is 1. The lowest BCUT2D eigenvalue weighted by Crippen LogP contribution is -2.15. The molecule has 3 rings (SSSR count). The highest BCUT2D eigenvalue weighted by atomic mass is 32.2. The fourth-order valence-corrected chi connectivity index (χ4v) is 5.34. The van der Waals surface area contributed by atoms with Gasteiger partial charge in [0.2, 0.25) is 5.13 Å². The monoisotopic (exact) mass is 421 g/mol. The Kier molecular flexibility index (Phi) is 6.35. The van der Waals surface area contributed by atoms with Gasteiger partial charge < -0.3 is 9.50 Å². The van der Waals surface area contributed by atoms with E-state index in [1.54, 1.807) is 30.3 Å². The smallest absolute Gasteiger partial charge is 0.310 e. The van der Waals surface area contributed by atoms with Crippen molar-refractivity contribution >= 4 is 44.0 Å². The molecule has 1 heterocycles. The molecule has 6 nitrogen and oxygen atoms in total. The fraction of sp³-hybridized carbons (Fsp3) is 0.222. The molecule has 142 valence electrons. The highest BCUT2D eigenvalue weighted by Crippen LogP contribution is 2.29. The number of thioether (sulfide) groups is 1. The van der Waals surface area contributed by atoms with E-state index in [-0.39, 0.29) is 5.75 Å². The third kappa shape index (κ3) is 5.69. The van der Waals surface area contributed by atoms with Crippen LogP contribution in [0.3, 0.4) is 0 Å². The van der Waals surface area contributed by atoms with Crippen LogP contribution in [0.15, 0.2) is 52.9 Å². The summed E-state index contributed by atoms with van der Waals surface area (Å²) in [5, 5.41) is 12.2. The molecule has 1 N–H and O–H groups in total. The highest BCUT2D eigenvalue weighted by Gasteiger charge is 2.14. The Hall–Kier alpha value is -2.10. The third-order valence-electron chi connectivity index (χ3n) is 3.78. The van der Waals surface area contributed by atoms with Crippen LogP contribution in [0, 0.1) is 13.8 Å². The molecule has 0 aliphatic heterocycles. The van der Waals surface area contributed by atoms with E-state index in [1.165, 1.54) is 28.7 Å². The Balaban J connectivity index is 1.53. The second kappa shape index (κ2) is 8.73. The van der Waals surface area contributed by atoms with Gasteiger partial charge in [-0.15, -0.1) is 10.2 Å². The van der Waals surface area contributed by atoms with Gasteiger partial charge in [-0.1, -0.05) is 53.4 Å². The molecule has 0 saturated heterocycles. The van der Waals surface area contributed by atoms with Crippen LogP contribution in [0.2, 0.25) is 0 Å². The zero-order valence-corrected chi connectivity index (χ0v) is 17.3. The normalized spacial score (nSPS) is 11.3. The van der Waals surface area contributed by atoms with Crippen LogP contribution in [0.1, 0.15) is 11.1 Å². The third-order valence-corrected chi connectivity index (χ3v) is 7.16. The van der Waals surface area contributed by atoms with Crippen LogP contribution in [0.25, 0.3) is 0 Å². The van der Waals surface area contributed by atoms with Crippen LogP contribution in [0.5, 0.6) is 5.75 Å². The summed E-state index contributed by atoms with van der Waals surface area (Å²) in [4.78, 5) is 0. The molecule has 0 atom stereocenters. The molecular weight excluding hydrogens is 402 g/mol. The van der Waals surface area contributed by atoms with Crippen molar-refractivity contribution in [3.05, 3.63) is 59.7 Å². The van der Waals surface area contributed by atoms with Gasteiger partial charge >= 0.3 is 10.1 Å². The maximum Gasteiger partial charge on any atom is 0.310 e. The van der Waals surface area contributed by atoms with Crippen LogP contribution >= 0.6 is 23.1 Å². The van der Waals surface area contributed by atoms with Crippen molar-refractivity contribution in [2.75, 3.05) is 16.8 Å². The van der Waals surface area contributed by atoms with Crippen molar-refractivity contribution in [3.63, 3.8) is 0 Å². The molecular formula is C18H19N3O3S3. The fourth-order valence-electron chi connectivity index (χ4n) is 2.22. The first-order valence-corrected chi connectivity index (χ1v) is 11.6. The summed E-state index contributed by atoms with van der Waals surface area (Å²) in [6.07, 6.45) is 0. The van der Waals surface area contributed by atoms with E-state index >= 15 is 0 Å².